The fourth-order valence-electron chi connectivity index (χ4n) is 3.94. The van der Waals surface area contributed by atoms with Crippen molar-refractivity contribution in [1.82, 2.24) is 9.78 Å². The molecule has 156 valence electrons. The fourth-order valence-corrected chi connectivity index (χ4v) is 4.39. The smallest absolute Gasteiger partial charge is 0.161 e. The maximum atomic E-state index is 6.05. The molecule has 0 bridgehead atoms. The number of ether oxygens (including phenoxy) is 2. The lowest BCUT2D eigenvalue weighted by Gasteiger charge is -2.29. The van der Waals surface area contributed by atoms with Gasteiger partial charge >= 0.3 is 0 Å². The molecule has 6 heteroatoms. The number of rotatable bonds is 5. The van der Waals surface area contributed by atoms with E-state index in [1.54, 1.807) is 7.11 Å². The van der Waals surface area contributed by atoms with E-state index in [1.807, 2.05) is 60.1 Å². The Hall–Kier alpha value is -3.25. The minimum Gasteiger partial charge on any atom is -0.493 e. The topological polar surface area (TPSA) is 48.3 Å². The molecule has 5 nitrogen and oxygen atoms in total. The average molecular weight is 476 g/mol. The number of para-hydroxylation sites is 1. The molecule has 0 saturated heterocycles. The predicted molar refractivity (Wildman–Crippen MR) is 126 cm³/mol. The van der Waals surface area contributed by atoms with Crippen molar-refractivity contribution in [1.29, 1.82) is 0 Å². The van der Waals surface area contributed by atoms with Gasteiger partial charge in [-0.3, -0.25) is 0 Å². The summed E-state index contributed by atoms with van der Waals surface area (Å²) in [5.41, 5.74) is 6.47. The number of hydrogen-bond donors (Lipinski definition) is 1. The molecule has 1 aromatic heterocycles. The number of methoxy groups -OCH3 is 1. The van der Waals surface area contributed by atoms with Gasteiger partial charge < -0.3 is 14.8 Å². The third-order valence-electron chi connectivity index (χ3n) is 5.38. The zero-order valence-electron chi connectivity index (χ0n) is 17.3. The van der Waals surface area contributed by atoms with Crippen LogP contribution in [0.3, 0.4) is 0 Å². The number of aryl methyl sites for hydroxylation is 1. The molecule has 31 heavy (non-hydrogen) atoms. The largest absolute Gasteiger partial charge is 0.493 e. The maximum Gasteiger partial charge on any atom is 0.161 e. The highest BCUT2D eigenvalue weighted by molar-refractivity contribution is 9.10. The number of aromatic nitrogens is 2. The Morgan fingerprint density at radius 3 is 2.71 bits per heavy atom. The van der Waals surface area contributed by atoms with Gasteiger partial charge in [0.05, 0.1) is 18.5 Å². The Morgan fingerprint density at radius 1 is 1.00 bits per heavy atom. The number of benzene rings is 3. The third-order valence-corrected chi connectivity index (χ3v) is 5.88. The summed E-state index contributed by atoms with van der Waals surface area (Å²) in [4.78, 5) is 0. The summed E-state index contributed by atoms with van der Waals surface area (Å²) >= 11 is 3.50. The summed E-state index contributed by atoms with van der Waals surface area (Å²) in [6, 6.07) is 24.6. The van der Waals surface area contributed by atoms with Gasteiger partial charge in [0.2, 0.25) is 0 Å². The molecule has 0 amide bonds. The highest BCUT2D eigenvalue weighted by atomic mass is 79.9. The monoisotopic (exact) mass is 475 g/mol. The van der Waals surface area contributed by atoms with Crippen LogP contribution in [0.15, 0.2) is 77.3 Å². The van der Waals surface area contributed by atoms with Crippen molar-refractivity contribution < 1.29 is 9.47 Å². The molecule has 1 aliphatic heterocycles. The van der Waals surface area contributed by atoms with Gasteiger partial charge in [0.25, 0.3) is 0 Å². The summed E-state index contributed by atoms with van der Waals surface area (Å²) in [6.45, 7) is 2.48. The van der Waals surface area contributed by atoms with Crippen molar-refractivity contribution in [2.45, 2.75) is 19.7 Å². The van der Waals surface area contributed by atoms with Gasteiger partial charge in [-0.05, 0) is 48.9 Å². The lowest BCUT2D eigenvalue weighted by atomic mass is 10.0. The average Bonchev–Trinajstić information content (AvgIpc) is 3.19. The second-order valence-electron chi connectivity index (χ2n) is 7.54. The Kier molecular flexibility index (Phi) is 5.16. The number of hydrogen-bond acceptors (Lipinski definition) is 4. The normalized spacial score (nSPS) is 14.4. The summed E-state index contributed by atoms with van der Waals surface area (Å²) in [5, 5.41) is 8.36. The van der Waals surface area contributed by atoms with Crippen molar-refractivity contribution in [3.05, 3.63) is 94.1 Å². The Labute approximate surface area is 189 Å². The van der Waals surface area contributed by atoms with Crippen LogP contribution >= 0.6 is 15.9 Å². The van der Waals surface area contributed by atoms with Crippen molar-refractivity contribution in [3.63, 3.8) is 0 Å². The van der Waals surface area contributed by atoms with E-state index in [1.165, 1.54) is 0 Å². The van der Waals surface area contributed by atoms with Crippen LogP contribution in [0.5, 0.6) is 11.5 Å². The van der Waals surface area contributed by atoms with Crippen LogP contribution < -0.4 is 14.8 Å². The molecule has 1 aliphatic rings. The van der Waals surface area contributed by atoms with Crippen molar-refractivity contribution in [2.24, 2.45) is 0 Å². The molecule has 1 unspecified atom stereocenters. The highest BCUT2D eigenvalue weighted by Gasteiger charge is 2.27. The first kappa shape index (κ1) is 19.7. The molecule has 0 radical (unpaired) electrons. The number of halogens is 1. The Balaban J connectivity index is 1.46. The van der Waals surface area contributed by atoms with Crippen LogP contribution in [0.25, 0.3) is 11.3 Å². The van der Waals surface area contributed by atoms with Crippen LogP contribution in [0.4, 0.5) is 5.69 Å². The fraction of sp³-hybridized carbons (Fsp3) is 0.160. The first-order chi connectivity index (χ1) is 15.1. The highest BCUT2D eigenvalue weighted by Crippen LogP contribution is 2.40. The molecule has 0 fully saturated rings. The SMILES string of the molecule is COc1cc(C2Nc3ccccc3-c3cc(C)nn32)ccc1OCc1cccc(Br)c1. The summed E-state index contributed by atoms with van der Waals surface area (Å²) < 4.78 is 14.8. The third kappa shape index (κ3) is 3.79. The lowest BCUT2D eigenvalue weighted by molar-refractivity contribution is 0.284. The van der Waals surface area contributed by atoms with E-state index in [-0.39, 0.29) is 6.17 Å². The van der Waals surface area contributed by atoms with Gasteiger partial charge in [0.15, 0.2) is 11.5 Å². The summed E-state index contributed by atoms with van der Waals surface area (Å²) in [6.07, 6.45) is -0.133. The number of anilines is 1. The molecule has 0 aliphatic carbocycles. The zero-order chi connectivity index (χ0) is 21.4. The van der Waals surface area contributed by atoms with E-state index in [0.29, 0.717) is 18.1 Å². The van der Waals surface area contributed by atoms with Crippen LogP contribution in [0.1, 0.15) is 23.0 Å². The predicted octanol–water partition coefficient (Wildman–Crippen LogP) is 6.18. The number of fused-ring (bicyclic) bond motifs is 3. The van der Waals surface area contributed by atoms with Crippen LogP contribution in [-0.4, -0.2) is 16.9 Å². The minimum atomic E-state index is -0.133. The number of nitrogens with one attached hydrogen (secondary N) is 1. The first-order valence-corrected chi connectivity index (χ1v) is 10.9. The molecular formula is C25H22BrN3O2. The van der Waals surface area contributed by atoms with Gasteiger partial charge in [-0.2, -0.15) is 5.10 Å². The van der Waals surface area contributed by atoms with Gasteiger partial charge in [-0.1, -0.05) is 52.3 Å². The Morgan fingerprint density at radius 2 is 1.87 bits per heavy atom. The molecule has 0 spiro atoms. The standard InChI is InChI=1S/C25H22BrN3O2/c1-16-12-22-20-8-3-4-9-21(20)27-25(29(22)28-16)18-10-11-23(24(14-18)30-2)31-15-17-6-5-7-19(26)13-17/h3-14,25,27H,15H2,1-2H3. The molecule has 1 N–H and O–H groups in total. The van der Waals surface area contributed by atoms with Gasteiger partial charge in [0, 0.05) is 21.3 Å². The number of nitrogens with zero attached hydrogens (tertiary/aromatic N) is 2. The van der Waals surface area contributed by atoms with E-state index in [4.69, 9.17) is 14.6 Å². The molecule has 2 heterocycles. The van der Waals surface area contributed by atoms with Crippen LogP contribution in [0.2, 0.25) is 0 Å². The quantitative estimate of drug-likeness (QED) is 0.374. The van der Waals surface area contributed by atoms with Gasteiger partial charge in [-0.15, -0.1) is 0 Å². The molecular weight excluding hydrogens is 454 g/mol. The van der Waals surface area contributed by atoms with Crippen molar-refractivity contribution in [3.8, 4) is 22.8 Å². The van der Waals surface area contributed by atoms with E-state index in [0.717, 1.165) is 38.2 Å². The molecule has 1 atom stereocenters. The molecule has 4 aromatic rings. The first-order valence-electron chi connectivity index (χ1n) is 10.1. The second-order valence-corrected chi connectivity index (χ2v) is 8.45. The minimum absolute atomic E-state index is 0.133. The van der Waals surface area contributed by atoms with Crippen molar-refractivity contribution in [2.75, 3.05) is 12.4 Å². The second kappa shape index (κ2) is 8.12. The Bertz CT molecular complexity index is 1250. The van der Waals surface area contributed by atoms with E-state index in [9.17, 15) is 0 Å². The van der Waals surface area contributed by atoms with E-state index >= 15 is 0 Å². The summed E-state index contributed by atoms with van der Waals surface area (Å²) in [5.74, 6) is 1.40. The summed E-state index contributed by atoms with van der Waals surface area (Å²) in [7, 11) is 1.66. The van der Waals surface area contributed by atoms with Crippen LogP contribution in [-0.2, 0) is 6.61 Å². The van der Waals surface area contributed by atoms with Crippen LogP contribution in [0, 0.1) is 6.92 Å². The van der Waals surface area contributed by atoms with Gasteiger partial charge in [0.1, 0.15) is 12.8 Å². The van der Waals surface area contributed by atoms with Gasteiger partial charge in [-0.25, -0.2) is 4.68 Å². The van der Waals surface area contributed by atoms with E-state index in [2.05, 4.69) is 45.5 Å². The molecule has 3 aromatic carbocycles. The maximum absolute atomic E-state index is 6.05. The lowest BCUT2D eigenvalue weighted by Crippen LogP contribution is -2.25. The molecule has 0 saturated carbocycles. The van der Waals surface area contributed by atoms with Crippen molar-refractivity contribution >= 4 is 21.6 Å². The molecule has 5 rings (SSSR count). The van der Waals surface area contributed by atoms with E-state index < -0.39 is 0 Å². The zero-order valence-corrected chi connectivity index (χ0v) is 18.9.